The van der Waals surface area contributed by atoms with Crippen molar-refractivity contribution in [2.24, 2.45) is 0 Å². The third kappa shape index (κ3) is 4.22. The molecule has 0 saturated carbocycles. The van der Waals surface area contributed by atoms with Crippen LogP contribution < -0.4 is 0 Å². The van der Waals surface area contributed by atoms with Crippen molar-refractivity contribution in [2.75, 3.05) is 6.35 Å². The van der Waals surface area contributed by atoms with Crippen LogP contribution in [-0.2, 0) is 18.9 Å². The molecule has 0 radical (unpaired) electrons. The van der Waals surface area contributed by atoms with Gasteiger partial charge >= 0.3 is 17.7 Å². The van der Waals surface area contributed by atoms with Crippen LogP contribution in [0.25, 0.3) is 0 Å². The lowest BCUT2D eigenvalue weighted by Crippen LogP contribution is -2.09. The highest BCUT2D eigenvalue weighted by atomic mass is 35.5. The maximum atomic E-state index is 11.6. The van der Waals surface area contributed by atoms with Gasteiger partial charge in [0.1, 0.15) is 4.90 Å². The summed E-state index contributed by atoms with van der Waals surface area (Å²) in [7, 11) is -9.01. The van der Waals surface area contributed by atoms with Crippen LogP contribution in [0.4, 0.5) is 0 Å². The van der Waals surface area contributed by atoms with Crippen LogP contribution in [0.5, 0.6) is 0 Å². The molecule has 2 N–H and O–H groups in total. The molecule has 0 saturated heterocycles. The average Bonchev–Trinajstić information content (AvgIpc) is 2.13. The molecular weight excluding hydrogens is 314 g/mol. The first-order valence-electron chi connectivity index (χ1n) is 4.01. The Hall–Kier alpha value is -0.140. The summed E-state index contributed by atoms with van der Waals surface area (Å²) in [6.07, 6.45) is -1.27. The Bertz CT molecular complexity index is 545. The van der Waals surface area contributed by atoms with Crippen molar-refractivity contribution in [1.29, 1.82) is 0 Å². The third-order valence-corrected chi connectivity index (χ3v) is 4.41. The van der Waals surface area contributed by atoms with Gasteiger partial charge in [-0.25, -0.2) is 0 Å². The Kier molecular flexibility index (Phi) is 4.60. The van der Waals surface area contributed by atoms with E-state index >= 15 is 0 Å². The van der Waals surface area contributed by atoms with E-state index in [4.69, 9.17) is 33.0 Å². The zero-order valence-electron chi connectivity index (χ0n) is 8.08. The second kappa shape index (κ2) is 5.24. The molecule has 17 heavy (non-hydrogen) atoms. The SMILES string of the molecule is O=P(O)(O)COS(=O)(=O)c1c(Cl)cccc1Cl. The largest absolute Gasteiger partial charge is 0.352 e. The molecule has 1 aromatic rings. The lowest BCUT2D eigenvalue weighted by Gasteiger charge is -2.09. The molecule has 0 aliphatic carbocycles. The normalized spacial score (nSPS) is 12.7. The van der Waals surface area contributed by atoms with Gasteiger partial charge in [-0.2, -0.15) is 8.42 Å². The Balaban J connectivity index is 3.11. The van der Waals surface area contributed by atoms with E-state index in [9.17, 15) is 13.0 Å². The highest BCUT2D eigenvalue weighted by Crippen LogP contribution is 2.37. The molecule has 6 nitrogen and oxygen atoms in total. The molecular formula is C7H7Cl2O6PS. The van der Waals surface area contributed by atoms with E-state index in [-0.39, 0.29) is 10.0 Å². The van der Waals surface area contributed by atoms with Gasteiger partial charge in [0.25, 0.3) is 0 Å². The molecule has 0 bridgehead atoms. The molecule has 0 spiro atoms. The number of halogens is 2. The summed E-state index contributed by atoms with van der Waals surface area (Å²) < 4.78 is 37.9. The topological polar surface area (TPSA) is 101 Å². The summed E-state index contributed by atoms with van der Waals surface area (Å²) in [4.78, 5) is 16.5. The molecule has 0 heterocycles. The first-order valence-corrected chi connectivity index (χ1v) is 7.98. The number of rotatable bonds is 4. The number of hydrogen-bond donors (Lipinski definition) is 2. The Morgan fingerprint density at radius 2 is 1.71 bits per heavy atom. The van der Waals surface area contributed by atoms with Crippen molar-refractivity contribution in [3.63, 3.8) is 0 Å². The van der Waals surface area contributed by atoms with Gasteiger partial charge in [0.15, 0.2) is 6.35 Å². The van der Waals surface area contributed by atoms with Crippen molar-refractivity contribution in [1.82, 2.24) is 0 Å². The van der Waals surface area contributed by atoms with Gasteiger partial charge in [-0.3, -0.25) is 8.75 Å². The molecule has 1 rings (SSSR count). The quantitative estimate of drug-likeness (QED) is 0.648. The lowest BCUT2D eigenvalue weighted by atomic mass is 10.4. The minimum Gasteiger partial charge on any atom is -0.323 e. The smallest absolute Gasteiger partial charge is 0.323 e. The highest BCUT2D eigenvalue weighted by molar-refractivity contribution is 7.87. The zero-order chi connectivity index (χ0) is 13.3. The van der Waals surface area contributed by atoms with Gasteiger partial charge < -0.3 is 9.79 Å². The van der Waals surface area contributed by atoms with E-state index in [2.05, 4.69) is 4.18 Å². The molecule has 0 unspecified atom stereocenters. The minimum absolute atomic E-state index is 0.191. The first-order chi connectivity index (χ1) is 7.63. The van der Waals surface area contributed by atoms with Gasteiger partial charge in [0.2, 0.25) is 0 Å². The summed E-state index contributed by atoms with van der Waals surface area (Å²) in [5.41, 5.74) is 0. The molecule has 0 atom stereocenters. The standard InChI is InChI=1S/C7H7Cl2O6PS/c8-5-2-1-3-6(9)7(5)17(13,14)15-4-16(10,11)12/h1-3H,4H2,(H2,10,11,12). The van der Waals surface area contributed by atoms with Gasteiger partial charge in [-0.1, -0.05) is 29.3 Å². The van der Waals surface area contributed by atoms with E-state index in [1.165, 1.54) is 18.2 Å². The van der Waals surface area contributed by atoms with Crippen molar-refractivity contribution >= 4 is 40.9 Å². The lowest BCUT2D eigenvalue weighted by molar-refractivity contribution is 0.301. The zero-order valence-corrected chi connectivity index (χ0v) is 11.3. The summed E-state index contributed by atoms with van der Waals surface area (Å²) >= 11 is 11.3. The van der Waals surface area contributed by atoms with Gasteiger partial charge in [-0.05, 0) is 12.1 Å². The molecule has 96 valence electrons. The van der Waals surface area contributed by atoms with E-state index < -0.39 is 29.0 Å². The summed E-state index contributed by atoms with van der Waals surface area (Å²) in [5.74, 6) is 0. The van der Waals surface area contributed by atoms with E-state index in [1.807, 2.05) is 0 Å². The molecule has 0 aliphatic rings. The second-order valence-corrected chi connectivity index (χ2v) is 6.87. The Morgan fingerprint density at radius 3 is 2.12 bits per heavy atom. The second-order valence-electron chi connectivity index (χ2n) is 2.92. The molecule has 1 aromatic carbocycles. The van der Waals surface area contributed by atoms with E-state index in [0.29, 0.717) is 0 Å². The minimum atomic E-state index is -4.60. The molecule has 0 fully saturated rings. The Morgan fingerprint density at radius 1 is 1.24 bits per heavy atom. The number of hydrogen-bond acceptors (Lipinski definition) is 4. The average molecular weight is 321 g/mol. The summed E-state index contributed by atoms with van der Waals surface area (Å²) in [6.45, 7) is 0. The van der Waals surface area contributed by atoms with Crippen LogP contribution in [-0.4, -0.2) is 24.6 Å². The van der Waals surface area contributed by atoms with Gasteiger partial charge in [-0.15, -0.1) is 0 Å². The fraction of sp³-hybridized carbons (Fsp3) is 0.143. The van der Waals surface area contributed by atoms with Crippen LogP contribution in [0.15, 0.2) is 23.1 Å². The van der Waals surface area contributed by atoms with E-state index in [0.717, 1.165) is 0 Å². The van der Waals surface area contributed by atoms with Gasteiger partial charge in [0.05, 0.1) is 10.0 Å². The molecule has 0 aliphatic heterocycles. The maximum Gasteiger partial charge on any atom is 0.352 e. The van der Waals surface area contributed by atoms with Crippen molar-refractivity contribution in [3.8, 4) is 0 Å². The van der Waals surface area contributed by atoms with Crippen molar-refractivity contribution in [3.05, 3.63) is 28.2 Å². The van der Waals surface area contributed by atoms with E-state index in [1.54, 1.807) is 0 Å². The monoisotopic (exact) mass is 320 g/mol. The van der Waals surface area contributed by atoms with Crippen LogP contribution in [0.3, 0.4) is 0 Å². The molecule has 0 aromatic heterocycles. The maximum absolute atomic E-state index is 11.6. The fourth-order valence-corrected chi connectivity index (χ4v) is 3.72. The van der Waals surface area contributed by atoms with Crippen molar-refractivity contribution in [2.45, 2.75) is 4.90 Å². The van der Waals surface area contributed by atoms with Crippen molar-refractivity contribution < 1.29 is 27.0 Å². The number of benzene rings is 1. The van der Waals surface area contributed by atoms with Crippen LogP contribution >= 0.6 is 30.8 Å². The fourth-order valence-electron chi connectivity index (χ4n) is 0.918. The summed E-state index contributed by atoms with van der Waals surface area (Å²) in [6, 6.07) is 3.95. The predicted octanol–water partition coefficient (Wildman–Crippen LogP) is 1.83. The molecule has 10 heteroatoms. The van der Waals surface area contributed by atoms with Crippen LogP contribution in [0.2, 0.25) is 10.0 Å². The van der Waals surface area contributed by atoms with Crippen LogP contribution in [0.1, 0.15) is 0 Å². The van der Waals surface area contributed by atoms with Gasteiger partial charge in [0, 0.05) is 0 Å². The predicted molar refractivity (Wildman–Crippen MR) is 61.6 cm³/mol. The Labute approximate surface area is 107 Å². The van der Waals surface area contributed by atoms with Crippen LogP contribution in [0, 0.1) is 0 Å². The molecule has 0 amide bonds. The summed E-state index contributed by atoms with van der Waals surface area (Å²) in [5, 5.41) is -0.383. The third-order valence-electron chi connectivity index (χ3n) is 1.54. The first kappa shape index (κ1) is 14.9. The highest BCUT2D eigenvalue weighted by Gasteiger charge is 2.26.